The van der Waals surface area contributed by atoms with E-state index < -0.39 is 108 Å². The van der Waals surface area contributed by atoms with E-state index in [0.717, 1.165) is 0 Å². The number of carbonyl (C=O) groups is 3. The van der Waals surface area contributed by atoms with Crippen molar-refractivity contribution in [3.05, 3.63) is 0 Å². The Morgan fingerprint density at radius 3 is 2.10 bits per heavy atom. The molecule has 3 heterocycles. The van der Waals surface area contributed by atoms with Crippen molar-refractivity contribution < 1.29 is 73.1 Å². The summed E-state index contributed by atoms with van der Waals surface area (Å²) in [4.78, 5) is 38.1. The van der Waals surface area contributed by atoms with Gasteiger partial charge in [0.25, 0.3) is 0 Å². The second kappa shape index (κ2) is 22.0. The molecular formula is C44H79NO15. The van der Waals surface area contributed by atoms with Crippen molar-refractivity contribution in [1.82, 2.24) is 5.32 Å². The summed E-state index contributed by atoms with van der Waals surface area (Å²) in [5.74, 6) is -4.50. The zero-order valence-corrected chi connectivity index (χ0v) is 38.4. The van der Waals surface area contributed by atoms with Gasteiger partial charge < -0.3 is 64.0 Å². The Labute approximate surface area is 357 Å². The van der Waals surface area contributed by atoms with Gasteiger partial charge in [-0.3, -0.25) is 9.59 Å². The van der Waals surface area contributed by atoms with Crippen LogP contribution in [-0.4, -0.2) is 135 Å². The Morgan fingerprint density at radius 2 is 1.50 bits per heavy atom. The number of aliphatic carboxylic acids is 1. The summed E-state index contributed by atoms with van der Waals surface area (Å²) in [6.07, 6.45) is -7.41. The number of hydrogen-bond acceptors (Lipinski definition) is 14. The van der Waals surface area contributed by atoms with Crippen LogP contribution in [0.15, 0.2) is 0 Å². The molecule has 0 aromatic carbocycles. The van der Waals surface area contributed by atoms with Gasteiger partial charge in [0.1, 0.15) is 23.4 Å². The number of aliphatic hydroxyl groups is 4. The Morgan fingerprint density at radius 1 is 0.850 bits per heavy atom. The van der Waals surface area contributed by atoms with Crippen molar-refractivity contribution in [2.75, 3.05) is 13.7 Å². The number of methoxy groups -OCH3 is 1. The molecule has 16 nitrogen and oxygen atoms in total. The van der Waals surface area contributed by atoms with Crippen molar-refractivity contribution in [3.8, 4) is 0 Å². The molecule has 3 aliphatic rings. The maximum Gasteiger partial charge on any atom is 0.407 e. The molecule has 0 radical (unpaired) electrons. The number of aliphatic hydroxyl groups excluding tert-OH is 2. The van der Waals surface area contributed by atoms with Crippen LogP contribution < -0.4 is 5.32 Å². The molecule has 19 atom stereocenters. The number of esters is 1. The first kappa shape index (κ1) is 52.2. The van der Waals surface area contributed by atoms with Crippen molar-refractivity contribution in [2.24, 2.45) is 35.5 Å². The number of carboxylic acids is 1. The van der Waals surface area contributed by atoms with Crippen LogP contribution in [0, 0.1) is 35.5 Å². The number of ether oxygens (including phenoxy) is 7. The largest absolute Gasteiger partial charge is 0.481 e. The molecule has 1 amide bonds. The number of amides is 1. The highest BCUT2D eigenvalue weighted by molar-refractivity contribution is 5.73. The summed E-state index contributed by atoms with van der Waals surface area (Å²) in [5, 5.41) is 58.9. The topological polar surface area (TPSA) is 229 Å². The van der Waals surface area contributed by atoms with Gasteiger partial charge in [-0.2, -0.15) is 0 Å². The molecule has 3 rings (SSSR count). The normalized spacial score (nSPS) is 44.9. The molecule has 6 N–H and O–H groups in total. The van der Waals surface area contributed by atoms with E-state index in [9.17, 15) is 34.8 Å². The lowest BCUT2D eigenvalue weighted by Crippen LogP contribution is -2.61. The van der Waals surface area contributed by atoms with E-state index in [1.54, 1.807) is 41.5 Å². The number of alkyl carbamates (subject to hydrolysis) is 1. The van der Waals surface area contributed by atoms with Gasteiger partial charge >= 0.3 is 18.0 Å². The first-order valence-corrected chi connectivity index (χ1v) is 22.2. The maximum absolute atomic E-state index is 14.3. The van der Waals surface area contributed by atoms with Crippen molar-refractivity contribution in [2.45, 2.75) is 213 Å². The van der Waals surface area contributed by atoms with E-state index in [2.05, 4.69) is 5.32 Å². The summed E-state index contributed by atoms with van der Waals surface area (Å²) < 4.78 is 43.9. The molecule has 0 aromatic rings. The Bertz CT molecular complexity index is 1380. The third-order valence-electron chi connectivity index (χ3n) is 13.8. The van der Waals surface area contributed by atoms with E-state index in [1.807, 2.05) is 34.6 Å². The van der Waals surface area contributed by atoms with E-state index in [1.165, 1.54) is 14.0 Å². The number of carboxylic acid groups (broad SMARTS) is 1. The highest BCUT2D eigenvalue weighted by Gasteiger charge is 2.54. The highest BCUT2D eigenvalue weighted by atomic mass is 16.7. The molecule has 60 heavy (non-hydrogen) atoms. The lowest BCUT2D eigenvalue weighted by molar-refractivity contribution is -0.318. The number of unbranched alkanes of at least 4 members (excludes halogenated alkanes) is 2. The molecule has 3 saturated heterocycles. The monoisotopic (exact) mass is 862 g/mol. The Hall–Kier alpha value is -2.15. The fourth-order valence-corrected chi connectivity index (χ4v) is 9.64. The summed E-state index contributed by atoms with van der Waals surface area (Å²) in [6, 6.07) is 0. The first-order valence-electron chi connectivity index (χ1n) is 22.2. The van der Waals surface area contributed by atoms with Gasteiger partial charge in [0.2, 0.25) is 0 Å². The van der Waals surface area contributed by atoms with Crippen LogP contribution in [0.25, 0.3) is 0 Å². The number of cyclic esters (lactones) is 1. The number of nitrogens with one attached hydrogen (secondary N) is 1. The molecule has 0 saturated carbocycles. The Kier molecular flexibility index (Phi) is 19.1. The fourth-order valence-electron chi connectivity index (χ4n) is 9.64. The van der Waals surface area contributed by atoms with Gasteiger partial charge in [0.05, 0.1) is 42.0 Å². The van der Waals surface area contributed by atoms with Crippen LogP contribution in [0.2, 0.25) is 0 Å². The second-order valence-electron chi connectivity index (χ2n) is 19.0. The third-order valence-corrected chi connectivity index (χ3v) is 13.8. The highest BCUT2D eigenvalue weighted by Crippen LogP contribution is 2.43. The van der Waals surface area contributed by atoms with Crippen LogP contribution in [0.3, 0.4) is 0 Å². The van der Waals surface area contributed by atoms with Crippen LogP contribution in [0.4, 0.5) is 4.79 Å². The van der Waals surface area contributed by atoms with E-state index >= 15 is 0 Å². The van der Waals surface area contributed by atoms with E-state index in [4.69, 9.17) is 38.3 Å². The standard InChI is InChI=1S/C44H79NO15/c1-14-31-44(12,53)36(49)27(6)26(5)24(3)21-42(10,52)37(59-40-34(48)23(2)20-25(4)55-40)28(7)35(29(8)39(50)57-31)58-33-22-43(11,54-13)38(30(9)56-33)60-41(51)45-19-17-15-16-18-32(46)47/h23-31,33-38,40,48-49,52-53H,14-22H2,1-13H3,(H,45,51)(H,46,47)/t23?,24-,25?,26+,27+,28+,29-,30?,31-,33?,34?,35+,36-,37-,38?,40?,42-,43?,44-/m1/s1. The van der Waals surface area contributed by atoms with Crippen LogP contribution in [0.1, 0.15) is 134 Å². The molecule has 0 aromatic heterocycles. The van der Waals surface area contributed by atoms with Crippen molar-refractivity contribution >= 4 is 18.0 Å². The SMILES string of the molecule is CC[C@H]1OC(=O)[C@H](C)[C@@H](OC2CC(C)(OC)C(OC(=O)NCCCCCC(=O)O)C(C)O2)[C@H](C)[C@@H](OC2OC(C)CC(C)C2O)[C@](C)(O)C[C@@H](C)[C@H](C)[C@H](C)[C@@H](O)[C@]1(C)O. The summed E-state index contributed by atoms with van der Waals surface area (Å²) in [5.41, 5.74) is -4.56. The van der Waals surface area contributed by atoms with Crippen molar-refractivity contribution in [3.63, 3.8) is 0 Å². The Balaban J connectivity index is 2.02. The molecule has 3 fully saturated rings. The quantitative estimate of drug-likeness (QED) is 0.107. The van der Waals surface area contributed by atoms with Crippen LogP contribution in [-0.2, 0) is 42.7 Å². The number of rotatable bonds is 13. The lowest BCUT2D eigenvalue weighted by atomic mass is 9.70. The van der Waals surface area contributed by atoms with Gasteiger partial charge in [0, 0.05) is 32.4 Å². The fraction of sp³-hybridized carbons (Fsp3) is 0.932. The average Bonchev–Trinajstić information content (AvgIpc) is 3.17. The molecule has 3 aliphatic heterocycles. The molecular weight excluding hydrogens is 782 g/mol. The van der Waals surface area contributed by atoms with Gasteiger partial charge in [0.15, 0.2) is 18.7 Å². The maximum atomic E-state index is 14.3. The third kappa shape index (κ3) is 13.0. The summed E-state index contributed by atoms with van der Waals surface area (Å²) in [7, 11) is 1.49. The van der Waals surface area contributed by atoms with Gasteiger partial charge in [-0.15, -0.1) is 0 Å². The van der Waals surface area contributed by atoms with Crippen LogP contribution >= 0.6 is 0 Å². The minimum atomic E-state index is -1.82. The molecule has 350 valence electrons. The average molecular weight is 862 g/mol. The van der Waals surface area contributed by atoms with E-state index in [-0.39, 0.29) is 49.5 Å². The number of carbonyl (C=O) groups excluding carboxylic acids is 2. The molecule has 8 unspecified atom stereocenters. The smallest absolute Gasteiger partial charge is 0.407 e. The lowest BCUT2D eigenvalue weighted by Gasteiger charge is -2.49. The zero-order chi connectivity index (χ0) is 45.5. The van der Waals surface area contributed by atoms with E-state index in [0.29, 0.717) is 32.2 Å². The zero-order valence-electron chi connectivity index (χ0n) is 38.4. The predicted molar refractivity (Wildman–Crippen MR) is 220 cm³/mol. The second-order valence-corrected chi connectivity index (χ2v) is 19.0. The van der Waals surface area contributed by atoms with Crippen LogP contribution in [0.5, 0.6) is 0 Å². The molecule has 0 spiro atoms. The minimum Gasteiger partial charge on any atom is -0.481 e. The summed E-state index contributed by atoms with van der Waals surface area (Å²) in [6.45, 7) is 21.7. The first-order chi connectivity index (χ1) is 27.8. The number of hydrogen-bond donors (Lipinski definition) is 6. The van der Waals surface area contributed by atoms with Gasteiger partial charge in [-0.1, -0.05) is 48.0 Å². The predicted octanol–water partition coefficient (Wildman–Crippen LogP) is 4.94. The minimum absolute atomic E-state index is 0.0539. The summed E-state index contributed by atoms with van der Waals surface area (Å²) >= 11 is 0. The van der Waals surface area contributed by atoms with Gasteiger partial charge in [-0.05, 0) is 97.3 Å². The molecule has 0 aliphatic carbocycles. The molecule has 0 bridgehead atoms. The van der Waals surface area contributed by atoms with Gasteiger partial charge in [-0.25, -0.2) is 4.79 Å². The molecule has 16 heteroatoms. The van der Waals surface area contributed by atoms with Crippen molar-refractivity contribution in [1.29, 1.82) is 0 Å².